The van der Waals surface area contributed by atoms with E-state index in [9.17, 15) is 4.79 Å². The Morgan fingerprint density at radius 1 is 1.63 bits per heavy atom. The summed E-state index contributed by atoms with van der Waals surface area (Å²) in [5.74, 6) is 0.743. The van der Waals surface area contributed by atoms with Gasteiger partial charge >= 0.3 is 0 Å². The first kappa shape index (κ1) is 16.2. The van der Waals surface area contributed by atoms with Crippen LogP contribution in [0.15, 0.2) is 23.6 Å². The van der Waals surface area contributed by atoms with Crippen LogP contribution >= 0.6 is 23.7 Å². The van der Waals surface area contributed by atoms with Gasteiger partial charge in [0, 0.05) is 24.0 Å². The number of thiophene rings is 1. The number of amides is 1. The number of carbonyl (C=O) groups is 1. The van der Waals surface area contributed by atoms with E-state index in [2.05, 4.69) is 5.32 Å². The first-order chi connectivity index (χ1) is 8.79. The van der Waals surface area contributed by atoms with Crippen LogP contribution < -0.4 is 5.32 Å². The molecule has 1 aromatic heterocycles. The van der Waals surface area contributed by atoms with Crippen LogP contribution in [-0.4, -0.2) is 37.5 Å². The standard InChI is InChI=1S/C14H20N2OS.ClH/c1-15-10-12-4-2-8-16(11-12)14(17)7-6-13-5-3-9-18-13;/h3,5-7,9,12,15H,2,4,8,10-11H2,1H3;1H/b7-6+;. The lowest BCUT2D eigenvalue weighted by Crippen LogP contribution is -2.41. The summed E-state index contributed by atoms with van der Waals surface area (Å²) in [7, 11) is 1.97. The molecule has 0 saturated carbocycles. The van der Waals surface area contributed by atoms with Crippen molar-refractivity contribution in [2.75, 3.05) is 26.7 Å². The predicted octanol–water partition coefficient (Wildman–Crippen LogP) is 2.64. The van der Waals surface area contributed by atoms with E-state index < -0.39 is 0 Å². The minimum atomic E-state index is 0. The quantitative estimate of drug-likeness (QED) is 0.867. The van der Waals surface area contributed by atoms with Crippen LogP contribution in [0, 0.1) is 5.92 Å². The largest absolute Gasteiger partial charge is 0.339 e. The van der Waals surface area contributed by atoms with Crippen LogP contribution in [0.2, 0.25) is 0 Å². The zero-order valence-electron chi connectivity index (χ0n) is 11.2. The van der Waals surface area contributed by atoms with Crippen LogP contribution in [0.1, 0.15) is 17.7 Å². The van der Waals surface area contributed by atoms with E-state index >= 15 is 0 Å². The summed E-state index contributed by atoms with van der Waals surface area (Å²) in [6.45, 7) is 2.78. The molecule has 2 heterocycles. The lowest BCUT2D eigenvalue weighted by atomic mass is 9.98. The first-order valence-corrected chi connectivity index (χ1v) is 7.32. The Labute approximate surface area is 125 Å². The molecular weight excluding hydrogens is 280 g/mol. The van der Waals surface area contributed by atoms with Gasteiger partial charge in [-0.2, -0.15) is 0 Å². The minimum Gasteiger partial charge on any atom is -0.339 e. The van der Waals surface area contributed by atoms with E-state index in [1.807, 2.05) is 35.5 Å². The molecule has 0 bridgehead atoms. The summed E-state index contributed by atoms with van der Waals surface area (Å²) < 4.78 is 0. The minimum absolute atomic E-state index is 0. The molecule has 0 radical (unpaired) electrons. The molecule has 1 aromatic rings. The van der Waals surface area contributed by atoms with Gasteiger partial charge in [-0.1, -0.05) is 6.07 Å². The van der Waals surface area contributed by atoms with Gasteiger partial charge in [-0.15, -0.1) is 23.7 Å². The molecular formula is C14H21ClN2OS. The zero-order chi connectivity index (χ0) is 12.8. The number of nitrogens with one attached hydrogen (secondary N) is 1. The topological polar surface area (TPSA) is 32.3 Å². The molecule has 1 aliphatic rings. The highest BCUT2D eigenvalue weighted by Crippen LogP contribution is 2.17. The molecule has 106 valence electrons. The Kier molecular flexibility index (Phi) is 7.13. The summed E-state index contributed by atoms with van der Waals surface area (Å²) in [5.41, 5.74) is 0. The van der Waals surface area contributed by atoms with Gasteiger partial charge in [-0.05, 0) is 49.9 Å². The van der Waals surface area contributed by atoms with Crippen molar-refractivity contribution in [2.45, 2.75) is 12.8 Å². The number of likely N-dealkylation sites (tertiary alicyclic amines) is 1. The highest BCUT2D eigenvalue weighted by atomic mass is 35.5. The molecule has 1 N–H and O–H groups in total. The first-order valence-electron chi connectivity index (χ1n) is 6.44. The van der Waals surface area contributed by atoms with Crippen molar-refractivity contribution in [1.29, 1.82) is 0 Å². The van der Waals surface area contributed by atoms with E-state index in [4.69, 9.17) is 0 Å². The lowest BCUT2D eigenvalue weighted by molar-refractivity contribution is -0.127. The molecule has 1 unspecified atom stereocenters. The molecule has 1 fully saturated rings. The Hall–Kier alpha value is -0.840. The third kappa shape index (κ3) is 4.97. The number of nitrogens with zero attached hydrogens (tertiary/aromatic N) is 1. The van der Waals surface area contributed by atoms with E-state index in [1.165, 1.54) is 6.42 Å². The number of hydrogen-bond acceptors (Lipinski definition) is 3. The van der Waals surface area contributed by atoms with Crippen LogP contribution in [-0.2, 0) is 4.79 Å². The fourth-order valence-corrected chi connectivity index (χ4v) is 2.98. The van der Waals surface area contributed by atoms with Crippen molar-refractivity contribution in [3.05, 3.63) is 28.5 Å². The average molecular weight is 301 g/mol. The number of halogens is 1. The molecule has 3 nitrogen and oxygen atoms in total. The summed E-state index contributed by atoms with van der Waals surface area (Å²) in [4.78, 5) is 15.2. The third-order valence-electron chi connectivity index (χ3n) is 3.26. The molecule has 19 heavy (non-hydrogen) atoms. The van der Waals surface area contributed by atoms with E-state index in [0.717, 1.165) is 30.9 Å². The smallest absolute Gasteiger partial charge is 0.246 e. The normalized spacial score (nSPS) is 19.4. The molecule has 0 aliphatic carbocycles. The lowest BCUT2D eigenvalue weighted by Gasteiger charge is -2.32. The summed E-state index contributed by atoms with van der Waals surface area (Å²) in [6.07, 6.45) is 5.95. The van der Waals surface area contributed by atoms with E-state index in [0.29, 0.717) is 5.92 Å². The Bertz CT molecular complexity index is 404. The van der Waals surface area contributed by atoms with Crippen molar-refractivity contribution >= 4 is 35.7 Å². The maximum atomic E-state index is 12.1. The summed E-state index contributed by atoms with van der Waals surface area (Å²) >= 11 is 1.65. The van der Waals surface area contributed by atoms with Crippen molar-refractivity contribution in [3.63, 3.8) is 0 Å². The average Bonchev–Trinajstić information content (AvgIpc) is 2.90. The number of carbonyl (C=O) groups excluding carboxylic acids is 1. The van der Waals surface area contributed by atoms with Crippen LogP contribution in [0.3, 0.4) is 0 Å². The highest BCUT2D eigenvalue weighted by Gasteiger charge is 2.21. The molecule has 5 heteroatoms. The summed E-state index contributed by atoms with van der Waals surface area (Å²) in [6, 6.07) is 4.02. The molecule has 1 saturated heterocycles. The van der Waals surface area contributed by atoms with Gasteiger partial charge in [0.2, 0.25) is 5.91 Å². The van der Waals surface area contributed by atoms with E-state index in [-0.39, 0.29) is 18.3 Å². The van der Waals surface area contributed by atoms with E-state index in [1.54, 1.807) is 17.4 Å². The fraction of sp³-hybridized carbons (Fsp3) is 0.500. The molecule has 2 rings (SSSR count). The van der Waals surface area contributed by atoms with Gasteiger partial charge in [-0.25, -0.2) is 0 Å². The Balaban J connectivity index is 0.00000180. The van der Waals surface area contributed by atoms with Crippen LogP contribution in [0.4, 0.5) is 0 Å². The second kappa shape index (κ2) is 8.35. The maximum Gasteiger partial charge on any atom is 0.246 e. The highest BCUT2D eigenvalue weighted by molar-refractivity contribution is 7.10. The van der Waals surface area contributed by atoms with Gasteiger partial charge in [0.1, 0.15) is 0 Å². The molecule has 1 aliphatic heterocycles. The number of piperidine rings is 1. The number of rotatable bonds is 4. The van der Waals surface area contributed by atoms with Gasteiger partial charge in [-0.3, -0.25) is 4.79 Å². The summed E-state index contributed by atoms with van der Waals surface area (Å²) in [5, 5.41) is 5.22. The van der Waals surface area contributed by atoms with Gasteiger partial charge < -0.3 is 10.2 Å². The zero-order valence-corrected chi connectivity index (χ0v) is 12.8. The predicted molar refractivity (Wildman–Crippen MR) is 83.8 cm³/mol. The monoisotopic (exact) mass is 300 g/mol. The van der Waals surface area contributed by atoms with Crippen LogP contribution in [0.25, 0.3) is 6.08 Å². The van der Waals surface area contributed by atoms with Gasteiger partial charge in [0.15, 0.2) is 0 Å². The van der Waals surface area contributed by atoms with Crippen molar-refractivity contribution in [1.82, 2.24) is 10.2 Å². The maximum absolute atomic E-state index is 12.1. The molecule has 0 spiro atoms. The Morgan fingerprint density at radius 3 is 3.16 bits per heavy atom. The third-order valence-corrected chi connectivity index (χ3v) is 4.09. The number of hydrogen-bond donors (Lipinski definition) is 1. The van der Waals surface area contributed by atoms with Gasteiger partial charge in [0.05, 0.1) is 0 Å². The SMILES string of the molecule is CNCC1CCCN(C(=O)/C=C/c2cccs2)C1.Cl. The second-order valence-corrected chi connectivity index (χ2v) is 5.68. The van der Waals surface area contributed by atoms with Crippen molar-refractivity contribution in [2.24, 2.45) is 5.92 Å². The second-order valence-electron chi connectivity index (χ2n) is 4.70. The molecule has 1 atom stereocenters. The Morgan fingerprint density at radius 2 is 2.47 bits per heavy atom. The van der Waals surface area contributed by atoms with Crippen molar-refractivity contribution < 1.29 is 4.79 Å². The van der Waals surface area contributed by atoms with Crippen LogP contribution in [0.5, 0.6) is 0 Å². The molecule has 0 aromatic carbocycles. The van der Waals surface area contributed by atoms with Gasteiger partial charge in [0.25, 0.3) is 0 Å². The van der Waals surface area contributed by atoms with Crippen molar-refractivity contribution in [3.8, 4) is 0 Å². The fourth-order valence-electron chi connectivity index (χ4n) is 2.37. The molecule has 1 amide bonds.